The van der Waals surface area contributed by atoms with Crippen molar-refractivity contribution in [3.63, 3.8) is 0 Å². The highest BCUT2D eigenvalue weighted by atomic mass is 16.3. The summed E-state index contributed by atoms with van der Waals surface area (Å²) in [5.41, 5.74) is 1.85. The maximum absolute atomic E-state index is 12.5. The lowest BCUT2D eigenvalue weighted by Gasteiger charge is -2.35. The number of piperidine rings is 1. The number of benzene rings is 1. The van der Waals surface area contributed by atoms with Gasteiger partial charge in [0, 0.05) is 25.8 Å². The summed E-state index contributed by atoms with van der Waals surface area (Å²) < 4.78 is 0. The van der Waals surface area contributed by atoms with Crippen LogP contribution in [-0.4, -0.2) is 65.5 Å². The van der Waals surface area contributed by atoms with E-state index in [0.717, 1.165) is 11.3 Å². The molecule has 0 saturated carbocycles. The largest absolute Gasteiger partial charge is 0.393 e. The number of hydrogen-bond donors (Lipinski definition) is 2. The standard InChI is InChI=1S/C18H27N3O3/c1-13-4-6-15(7-5-13)19-17(23)12-20(3)18(24)14(2)21-10-8-16(22)9-11-21/h4-7,14,16,22H,8-12H2,1-3H3,(H,19,23). The van der Waals surface area contributed by atoms with Gasteiger partial charge in [0.25, 0.3) is 0 Å². The number of aliphatic hydroxyl groups excluding tert-OH is 1. The first-order chi connectivity index (χ1) is 11.4. The third-order valence-corrected chi connectivity index (χ3v) is 4.50. The Morgan fingerprint density at radius 2 is 1.88 bits per heavy atom. The van der Waals surface area contributed by atoms with Crippen LogP contribution in [0.3, 0.4) is 0 Å². The number of amides is 2. The van der Waals surface area contributed by atoms with E-state index in [1.807, 2.05) is 38.1 Å². The molecule has 1 aliphatic rings. The number of carbonyl (C=O) groups is 2. The van der Waals surface area contributed by atoms with Gasteiger partial charge in [0.05, 0.1) is 18.7 Å². The summed E-state index contributed by atoms with van der Waals surface area (Å²) in [5, 5.41) is 12.4. The van der Waals surface area contributed by atoms with Crippen LogP contribution in [0.2, 0.25) is 0 Å². The second-order valence-corrected chi connectivity index (χ2v) is 6.55. The summed E-state index contributed by atoms with van der Waals surface area (Å²) in [6.07, 6.45) is 1.12. The minimum absolute atomic E-state index is 0.0213. The fraction of sp³-hybridized carbons (Fsp3) is 0.556. The molecule has 132 valence electrons. The van der Waals surface area contributed by atoms with Gasteiger partial charge < -0.3 is 15.3 Å². The van der Waals surface area contributed by atoms with Gasteiger partial charge in [-0.25, -0.2) is 0 Å². The van der Waals surface area contributed by atoms with Gasteiger partial charge in [0.1, 0.15) is 0 Å². The minimum Gasteiger partial charge on any atom is -0.393 e. The van der Waals surface area contributed by atoms with Gasteiger partial charge in [0.2, 0.25) is 11.8 Å². The van der Waals surface area contributed by atoms with Crippen LogP contribution in [0, 0.1) is 6.92 Å². The lowest BCUT2D eigenvalue weighted by atomic mass is 10.1. The molecule has 0 radical (unpaired) electrons. The van der Waals surface area contributed by atoms with Crippen LogP contribution >= 0.6 is 0 Å². The van der Waals surface area contributed by atoms with Gasteiger partial charge in [0.15, 0.2) is 0 Å². The second kappa shape index (κ2) is 8.26. The number of aryl methyl sites for hydroxylation is 1. The lowest BCUT2D eigenvalue weighted by Crippen LogP contribution is -2.50. The summed E-state index contributed by atoms with van der Waals surface area (Å²) in [6.45, 7) is 5.27. The van der Waals surface area contributed by atoms with Crippen LogP contribution in [0.5, 0.6) is 0 Å². The summed E-state index contributed by atoms with van der Waals surface area (Å²) in [6, 6.07) is 7.26. The van der Waals surface area contributed by atoms with Gasteiger partial charge in [-0.2, -0.15) is 0 Å². The smallest absolute Gasteiger partial charge is 0.243 e. The Hall–Kier alpha value is -1.92. The van der Waals surface area contributed by atoms with Gasteiger partial charge in [-0.15, -0.1) is 0 Å². The molecule has 24 heavy (non-hydrogen) atoms. The van der Waals surface area contributed by atoms with Crippen molar-refractivity contribution in [2.24, 2.45) is 0 Å². The molecule has 0 spiro atoms. The number of aliphatic hydroxyl groups is 1. The van der Waals surface area contributed by atoms with Crippen LogP contribution in [-0.2, 0) is 9.59 Å². The molecule has 1 saturated heterocycles. The van der Waals surface area contributed by atoms with Crippen molar-refractivity contribution < 1.29 is 14.7 Å². The van der Waals surface area contributed by atoms with Crippen molar-refractivity contribution in [2.45, 2.75) is 38.8 Å². The number of likely N-dealkylation sites (N-methyl/N-ethyl adjacent to an activating group) is 1. The van der Waals surface area contributed by atoms with Crippen molar-refractivity contribution in [1.82, 2.24) is 9.80 Å². The zero-order valence-corrected chi connectivity index (χ0v) is 14.7. The topological polar surface area (TPSA) is 72.9 Å². The number of rotatable bonds is 5. The number of anilines is 1. The summed E-state index contributed by atoms with van der Waals surface area (Å²) in [4.78, 5) is 28.1. The predicted octanol–water partition coefficient (Wildman–Crippen LogP) is 1.24. The molecule has 0 bridgehead atoms. The maximum Gasteiger partial charge on any atom is 0.243 e. The highest BCUT2D eigenvalue weighted by molar-refractivity contribution is 5.95. The minimum atomic E-state index is -0.283. The summed E-state index contributed by atoms with van der Waals surface area (Å²) in [7, 11) is 1.65. The van der Waals surface area contributed by atoms with Crippen molar-refractivity contribution in [2.75, 3.05) is 32.0 Å². The molecule has 6 heteroatoms. The molecule has 1 fully saturated rings. The average molecular weight is 333 g/mol. The molecule has 1 aromatic carbocycles. The molecule has 1 aromatic rings. The molecular weight excluding hydrogens is 306 g/mol. The van der Waals surface area contributed by atoms with E-state index in [2.05, 4.69) is 10.2 Å². The van der Waals surface area contributed by atoms with E-state index in [-0.39, 0.29) is 30.5 Å². The van der Waals surface area contributed by atoms with Crippen LogP contribution < -0.4 is 5.32 Å². The SMILES string of the molecule is Cc1ccc(NC(=O)CN(C)C(=O)C(C)N2CCC(O)CC2)cc1. The lowest BCUT2D eigenvalue weighted by molar-refractivity contribution is -0.138. The number of hydrogen-bond acceptors (Lipinski definition) is 4. The Balaban J connectivity index is 1.83. The molecule has 0 aliphatic carbocycles. The van der Waals surface area contributed by atoms with Crippen LogP contribution in [0.4, 0.5) is 5.69 Å². The fourth-order valence-electron chi connectivity index (χ4n) is 2.88. The number of nitrogens with zero attached hydrogens (tertiary/aromatic N) is 2. The first-order valence-electron chi connectivity index (χ1n) is 8.40. The Morgan fingerprint density at radius 3 is 2.46 bits per heavy atom. The Bertz CT molecular complexity index is 565. The Kier molecular flexibility index (Phi) is 6.34. The molecule has 2 N–H and O–H groups in total. The van der Waals surface area contributed by atoms with Crippen LogP contribution in [0.15, 0.2) is 24.3 Å². The van der Waals surface area contributed by atoms with E-state index in [4.69, 9.17) is 0 Å². The third-order valence-electron chi connectivity index (χ3n) is 4.50. The van der Waals surface area contributed by atoms with Crippen LogP contribution in [0.1, 0.15) is 25.3 Å². The Morgan fingerprint density at radius 1 is 1.29 bits per heavy atom. The van der Waals surface area contributed by atoms with E-state index >= 15 is 0 Å². The van der Waals surface area contributed by atoms with Crippen molar-refractivity contribution >= 4 is 17.5 Å². The number of carbonyl (C=O) groups excluding carboxylic acids is 2. The van der Waals surface area contributed by atoms with E-state index < -0.39 is 0 Å². The molecule has 6 nitrogen and oxygen atoms in total. The van der Waals surface area contributed by atoms with Crippen LogP contribution in [0.25, 0.3) is 0 Å². The molecule has 1 heterocycles. The molecule has 2 rings (SSSR count). The molecule has 2 amide bonds. The van der Waals surface area contributed by atoms with Gasteiger partial charge in [-0.3, -0.25) is 14.5 Å². The van der Waals surface area contributed by atoms with E-state index in [0.29, 0.717) is 25.9 Å². The monoisotopic (exact) mass is 333 g/mol. The highest BCUT2D eigenvalue weighted by Crippen LogP contribution is 2.14. The van der Waals surface area contributed by atoms with Crippen molar-refractivity contribution in [3.05, 3.63) is 29.8 Å². The summed E-state index contributed by atoms with van der Waals surface area (Å²) in [5.74, 6) is -0.290. The quantitative estimate of drug-likeness (QED) is 0.850. The van der Waals surface area contributed by atoms with E-state index in [1.54, 1.807) is 7.05 Å². The normalized spacial score (nSPS) is 17.3. The molecular formula is C18H27N3O3. The van der Waals surface area contributed by atoms with Gasteiger partial charge in [-0.1, -0.05) is 17.7 Å². The fourth-order valence-corrected chi connectivity index (χ4v) is 2.88. The zero-order chi connectivity index (χ0) is 17.7. The van der Waals surface area contributed by atoms with Crippen molar-refractivity contribution in [1.29, 1.82) is 0 Å². The number of likely N-dealkylation sites (tertiary alicyclic amines) is 1. The summed E-state index contributed by atoms with van der Waals surface area (Å²) >= 11 is 0. The van der Waals surface area contributed by atoms with Crippen molar-refractivity contribution in [3.8, 4) is 0 Å². The zero-order valence-electron chi connectivity index (χ0n) is 14.7. The molecule has 0 aromatic heterocycles. The first-order valence-corrected chi connectivity index (χ1v) is 8.40. The van der Waals surface area contributed by atoms with E-state index in [9.17, 15) is 14.7 Å². The second-order valence-electron chi connectivity index (χ2n) is 6.55. The molecule has 1 atom stereocenters. The number of nitrogens with one attached hydrogen (secondary N) is 1. The highest BCUT2D eigenvalue weighted by Gasteiger charge is 2.28. The molecule has 1 unspecified atom stereocenters. The first kappa shape index (κ1) is 18.4. The Labute approximate surface area is 143 Å². The van der Waals surface area contributed by atoms with Gasteiger partial charge in [-0.05, 0) is 38.8 Å². The molecule has 1 aliphatic heterocycles. The third kappa shape index (κ3) is 5.04. The van der Waals surface area contributed by atoms with Gasteiger partial charge >= 0.3 is 0 Å². The van der Waals surface area contributed by atoms with E-state index in [1.165, 1.54) is 4.90 Å². The predicted molar refractivity (Wildman–Crippen MR) is 93.7 cm³/mol. The maximum atomic E-state index is 12.5. The average Bonchev–Trinajstić information content (AvgIpc) is 2.56.